The van der Waals surface area contributed by atoms with Crippen molar-refractivity contribution in [2.24, 2.45) is 5.73 Å². The molecule has 0 bridgehead atoms. The Morgan fingerprint density at radius 1 is 1.16 bits per heavy atom. The highest BCUT2D eigenvalue weighted by atomic mass is 32.2. The molecule has 0 aliphatic rings. The fraction of sp³-hybridized carbons (Fsp3) is 0.0870. The summed E-state index contributed by atoms with van der Waals surface area (Å²) in [6, 6.07) is 9.27. The van der Waals surface area contributed by atoms with Gasteiger partial charge >= 0.3 is 6.18 Å². The number of benzene rings is 2. The number of ether oxygens (including phenoxy) is 1. The number of primary amides is 1. The molecule has 15 heteroatoms. The van der Waals surface area contributed by atoms with Gasteiger partial charge in [0.05, 0.1) is 18.4 Å². The van der Waals surface area contributed by atoms with Crippen molar-refractivity contribution in [1.29, 1.82) is 5.26 Å². The van der Waals surface area contributed by atoms with E-state index in [0.717, 1.165) is 35.6 Å². The fourth-order valence-corrected chi connectivity index (χ4v) is 5.95. The monoisotopic (exact) mass is 562 g/mol. The van der Waals surface area contributed by atoms with Crippen molar-refractivity contribution < 1.29 is 31.1 Å². The number of sulfonamides is 1. The smallest absolute Gasteiger partial charge is 0.416 e. The Morgan fingerprint density at radius 2 is 1.82 bits per heavy atom. The Kier molecular flexibility index (Phi) is 6.55. The minimum atomic E-state index is -4.59. The summed E-state index contributed by atoms with van der Waals surface area (Å²) >= 11 is 0.861. The summed E-state index contributed by atoms with van der Waals surface area (Å²) in [5.41, 5.74) is 16.6. The lowest BCUT2D eigenvalue weighted by molar-refractivity contribution is -0.137. The summed E-state index contributed by atoms with van der Waals surface area (Å²) < 4.78 is 72.6. The second kappa shape index (κ2) is 9.39. The van der Waals surface area contributed by atoms with Crippen LogP contribution >= 0.6 is 11.3 Å². The first kappa shape index (κ1) is 26.5. The minimum absolute atomic E-state index is 0.0198. The van der Waals surface area contributed by atoms with Gasteiger partial charge in [0.15, 0.2) is 0 Å². The van der Waals surface area contributed by atoms with E-state index < -0.39 is 32.6 Å². The standard InChI is InChI=1S/C23H17F3N6O4S2/c1-36-14-7-2-10(8-15(14)38(34,35)32-12-5-3-11(4-6-12)23(24,25)26)16-13(9-27)20(29)31-22-17(16)18(28)19(37-22)21(30)33/h2-8,32H,28H2,1H3,(H2,29,31)(H2,30,33). The first-order valence-electron chi connectivity index (χ1n) is 10.4. The summed E-state index contributed by atoms with van der Waals surface area (Å²) in [6.07, 6.45) is -4.59. The molecule has 38 heavy (non-hydrogen) atoms. The lowest BCUT2D eigenvalue weighted by Gasteiger charge is -2.15. The van der Waals surface area contributed by atoms with Crippen LogP contribution in [0.2, 0.25) is 0 Å². The Morgan fingerprint density at radius 3 is 2.37 bits per heavy atom. The Labute approximate surface area is 217 Å². The van der Waals surface area contributed by atoms with Crippen LogP contribution in [0.3, 0.4) is 0 Å². The molecular formula is C23H17F3N6O4S2. The molecule has 0 aliphatic carbocycles. The predicted molar refractivity (Wildman–Crippen MR) is 136 cm³/mol. The van der Waals surface area contributed by atoms with E-state index in [0.29, 0.717) is 0 Å². The van der Waals surface area contributed by atoms with Gasteiger partial charge < -0.3 is 21.9 Å². The van der Waals surface area contributed by atoms with Gasteiger partial charge in [-0.25, -0.2) is 13.4 Å². The van der Waals surface area contributed by atoms with Crippen LogP contribution in [0.5, 0.6) is 5.75 Å². The number of aromatic nitrogens is 1. The second-order valence-corrected chi connectivity index (χ2v) is 10.4. The predicted octanol–water partition coefficient (Wildman–Crippen LogP) is 3.93. The van der Waals surface area contributed by atoms with Gasteiger partial charge in [0, 0.05) is 16.6 Å². The number of pyridine rings is 1. The zero-order valence-electron chi connectivity index (χ0n) is 19.3. The average Bonchev–Trinajstić information content (AvgIpc) is 3.18. The van der Waals surface area contributed by atoms with E-state index in [1.165, 1.54) is 25.3 Å². The van der Waals surface area contributed by atoms with E-state index in [-0.39, 0.29) is 54.7 Å². The molecule has 4 rings (SSSR count). The van der Waals surface area contributed by atoms with Gasteiger partial charge in [-0.15, -0.1) is 11.3 Å². The maximum atomic E-state index is 13.3. The number of rotatable bonds is 6. The number of hydrogen-bond donors (Lipinski definition) is 4. The molecule has 0 atom stereocenters. The van der Waals surface area contributed by atoms with Gasteiger partial charge in [0.25, 0.3) is 15.9 Å². The number of alkyl halides is 3. The minimum Gasteiger partial charge on any atom is -0.495 e. The highest BCUT2D eigenvalue weighted by Gasteiger charge is 2.30. The SMILES string of the molecule is COc1ccc(-c2c(C#N)c(N)nc3sc(C(N)=O)c(N)c23)cc1S(=O)(=O)Nc1ccc(C(F)(F)F)cc1. The maximum absolute atomic E-state index is 13.3. The van der Waals surface area contributed by atoms with Crippen molar-refractivity contribution in [3.63, 3.8) is 0 Å². The normalized spacial score (nSPS) is 11.8. The van der Waals surface area contributed by atoms with Crippen LogP contribution in [-0.4, -0.2) is 26.4 Å². The van der Waals surface area contributed by atoms with Gasteiger partial charge in [0.1, 0.15) is 37.8 Å². The number of methoxy groups -OCH3 is 1. The third-order valence-corrected chi connectivity index (χ3v) is 7.96. The van der Waals surface area contributed by atoms with Gasteiger partial charge in [0.2, 0.25) is 0 Å². The van der Waals surface area contributed by atoms with Crippen molar-refractivity contribution in [1.82, 2.24) is 4.98 Å². The molecule has 0 radical (unpaired) electrons. The van der Waals surface area contributed by atoms with Crippen LogP contribution in [0.1, 0.15) is 20.8 Å². The third kappa shape index (κ3) is 4.62. The topological polar surface area (TPSA) is 187 Å². The van der Waals surface area contributed by atoms with Crippen LogP contribution in [0.25, 0.3) is 21.3 Å². The number of thiophene rings is 1. The lowest BCUT2D eigenvalue weighted by atomic mass is 9.97. The highest BCUT2D eigenvalue weighted by molar-refractivity contribution is 7.92. The van der Waals surface area contributed by atoms with Crippen LogP contribution in [0.4, 0.5) is 30.4 Å². The Balaban J connectivity index is 1.90. The number of halogens is 3. The van der Waals surface area contributed by atoms with Gasteiger partial charge in [-0.3, -0.25) is 9.52 Å². The Bertz CT molecular complexity index is 1740. The number of nitrogens with one attached hydrogen (secondary N) is 1. The first-order valence-corrected chi connectivity index (χ1v) is 12.7. The summed E-state index contributed by atoms with van der Waals surface area (Å²) in [7, 11) is -3.20. The molecule has 2 heterocycles. The number of anilines is 3. The van der Waals surface area contributed by atoms with E-state index in [2.05, 4.69) is 9.71 Å². The van der Waals surface area contributed by atoms with E-state index in [9.17, 15) is 31.6 Å². The molecule has 2 aromatic heterocycles. The number of nitriles is 1. The first-order chi connectivity index (χ1) is 17.8. The average molecular weight is 563 g/mol. The molecule has 2 aromatic carbocycles. The van der Waals surface area contributed by atoms with Crippen molar-refractivity contribution in [2.75, 3.05) is 23.3 Å². The van der Waals surface area contributed by atoms with E-state index in [1.807, 2.05) is 6.07 Å². The molecule has 0 unspecified atom stereocenters. The molecule has 0 fully saturated rings. The molecule has 0 spiro atoms. The highest BCUT2D eigenvalue weighted by Crippen LogP contribution is 2.44. The molecule has 196 valence electrons. The number of carbonyl (C=O) groups is 1. The lowest BCUT2D eigenvalue weighted by Crippen LogP contribution is -2.15. The largest absolute Gasteiger partial charge is 0.495 e. The number of amides is 1. The van der Waals surface area contributed by atoms with E-state index >= 15 is 0 Å². The summed E-state index contributed by atoms with van der Waals surface area (Å²) in [6.45, 7) is 0. The quantitative estimate of drug-likeness (QED) is 0.272. The molecule has 0 saturated carbocycles. The molecule has 7 N–H and O–H groups in total. The number of carbonyl (C=O) groups excluding carboxylic acids is 1. The van der Waals surface area contributed by atoms with E-state index in [1.54, 1.807) is 0 Å². The van der Waals surface area contributed by atoms with Crippen LogP contribution in [0.15, 0.2) is 47.4 Å². The second-order valence-electron chi connectivity index (χ2n) is 7.79. The van der Waals surface area contributed by atoms with Crippen molar-refractivity contribution in [3.8, 4) is 22.9 Å². The summed E-state index contributed by atoms with van der Waals surface area (Å²) in [4.78, 5) is 15.8. The van der Waals surface area contributed by atoms with Crippen molar-refractivity contribution in [3.05, 3.63) is 58.5 Å². The van der Waals surface area contributed by atoms with Gasteiger partial charge in [-0.05, 0) is 42.0 Å². The van der Waals surface area contributed by atoms with Crippen LogP contribution in [-0.2, 0) is 16.2 Å². The third-order valence-electron chi connectivity index (χ3n) is 5.45. The van der Waals surface area contributed by atoms with Crippen molar-refractivity contribution >= 4 is 54.7 Å². The maximum Gasteiger partial charge on any atom is 0.416 e. The van der Waals surface area contributed by atoms with Crippen LogP contribution < -0.4 is 26.7 Å². The zero-order chi connectivity index (χ0) is 28.0. The number of nitrogens with two attached hydrogens (primary N) is 3. The molecule has 1 amide bonds. The molecule has 4 aromatic rings. The zero-order valence-corrected chi connectivity index (χ0v) is 20.9. The van der Waals surface area contributed by atoms with E-state index in [4.69, 9.17) is 21.9 Å². The molecule has 10 nitrogen and oxygen atoms in total. The summed E-state index contributed by atoms with van der Waals surface area (Å²) in [5, 5.41) is 9.98. The van der Waals surface area contributed by atoms with Gasteiger partial charge in [-0.2, -0.15) is 18.4 Å². The molecular weight excluding hydrogens is 545 g/mol. The molecule has 0 aliphatic heterocycles. The fourth-order valence-electron chi connectivity index (χ4n) is 3.73. The number of nitrogen functional groups attached to an aromatic ring is 2. The van der Waals surface area contributed by atoms with Gasteiger partial charge in [-0.1, -0.05) is 6.07 Å². The van der Waals surface area contributed by atoms with Crippen molar-refractivity contribution in [2.45, 2.75) is 11.1 Å². The number of fused-ring (bicyclic) bond motifs is 1. The Hall–Kier alpha value is -4.55. The number of nitrogens with zero attached hydrogens (tertiary/aromatic N) is 2. The van der Waals surface area contributed by atoms with Crippen LogP contribution in [0, 0.1) is 11.3 Å². The molecule has 0 saturated heterocycles. The number of hydrogen-bond acceptors (Lipinski definition) is 9. The summed E-state index contributed by atoms with van der Waals surface area (Å²) in [5.74, 6) is -1.11.